The molecule has 0 saturated heterocycles. The van der Waals surface area contributed by atoms with Gasteiger partial charge in [-0.2, -0.15) is 0 Å². The van der Waals surface area contributed by atoms with E-state index in [4.69, 9.17) is 0 Å². The monoisotopic (exact) mass is 334 g/mol. The van der Waals surface area contributed by atoms with Crippen LogP contribution < -0.4 is 0 Å². The highest BCUT2D eigenvalue weighted by Gasteiger charge is 2.34. The molecular weight excluding hydrogens is 316 g/mol. The summed E-state index contributed by atoms with van der Waals surface area (Å²) in [4.78, 5) is 1.76. The van der Waals surface area contributed by atoms with Gasteiger partial charge in [-0.3, -0.25) is 0 Å². The largest absolute Gasteiger partial charge is 0.122 e. The molecule has 0 radical (unpaired) electrons. The van der Waals surface area contributed by atoms with E-state index in [0.717, 1.165) is 0 Å². The van der Waals surface area contributed by atoms with E-state index >= 15 is 0 Å². The number of hydrogen-bond donors (Lipinski definition) is 0. The van der Waals surface area contributed by atoms with Gasteiger partial charge in [0.1, 0.15) is 0 Å². The van der Waals surface area contributed by atoms with Gasteiger partial charge in [-0.25, -0.2) is 0 Å². The van der Waals surface area contributed by atoms with Crippen LogP contribution in [0.5, 0.6) is 0 Å². The van der Waals surface area contributed by atoms with E-state index in [-0.39, 0.29) is 0 Å². The van der Waals surface area contributed by atoms with Crippen LogP contribution in [0.3, 0.4) is 0 Å². The summed E-state index contributed by atoms with van der Waals surface area (Å²) in [6.45, 7) is 0. The molecule has 18 heavy (non-hydrogen) atoms. The van der Waals surface area contributed by atoms with E-state index in [1.807, 2.05) is 23.5 Å². The molecule has 2 heterocycles. The molecule has 0 atom stereocenters. The third kappa shape index (κ3) is 2.50. The van der Waals surface area contributed by atoms with Gasteiger partial charge in [0, 0.05) is 4.86 Å². The van der Waals surface area contributed by atoms with E-state index in [1.165, 1.54) is 38.5 Å². The fraction of sp³-hybridized carbons (Fsp3) is 0.615. The Morgan fingerprint density at radius 2 is 1.33 bits per heavy atom. The van der Waals surface area contributed by atoms with Crippen LogP contribution in [0.25, 0.3) is 0 Å². The first-order valence-electron chi connectivity index (χ1n) is 6.38. The summed E-state index contributed by atoms with van der Waals surface area (Å²) < 4.78 is 3.25. The van der Waals surface area contributed by atoms with Crippen LogP contribution in [0.15, 0.2) is 19.6 Å². The average molecular weight is 335 g/mol. The number of thioether (sulfide) groups is 2. The highest BCUT2D eigenvalue weighted by Crippen LogP contribution is 2.67. The lowest BCUT2D eigenvalue weighted by Gasteiger charge is -2.11. The zero-order valence-electron chi connectivity index (χ0n) is 10.8. The van der Waals surface area contributed by atoms with Crippen LogP contribution >= 0.6 is 53.7 Å². The second-order valence-corrected chi connectivity index (χ2v) is 12.4. The number of allylic oxidation sites excluding steroid dienone is 2. The first-order valence-corrected chi connectivity index (χ1v) is 12.7. The average Bonchev–Trinajstić information content (AvgIpc) is 2.91. The molecule has 0 amide bonds. The van der Waals surface area contributed by atoms with E-state index in [2.05, 4.69) is 34.1 Å². The van der Waals surface area contributed by atoms with Gasteiger partial charge in [0.15, 0.2) is 0 Å². The maximum absolute atomic E-state index is 2.25. The van der Waals surface area contributed by atoms with Crippen molar-refractivity contribution in [2.45, 2.75) is 38.5 Å². The Kier molecular flexibility index (Phi) is 4.88. The van der Waals surface area contributed by atoms with Crippen molar-refractivity contribution in [2.24, 2.45) is 0 Å². The predicted molar refractivity (Wildman–Crippen MR) is 96.6 cm³/mol. The molecule has 0 unspecified atom stereocenters. The second-order valence-electron chi connectivity index (χ2n) is 4.58. The minimum atomic E-state index is 0.397. The van der Waals surface area contributed by atoms with Gasteiger partial charge in [-0.05, 0) is 70.9 Å². The molecule has 3 aliphatic rings. The summed E-state index contributed by atoms with van der Waals surface area (Å²) in [6.07, 6.45) is 12.8. The summed E-state index contributed by atoms with van der Waals surface area (Å²) in [5, 5.41) is 0. The maximum Gasteiger partial charge on any atom is 0.0555 e. The Hall–Kier alpha value is 1.10. The molecule has 1 aliphatic carbocycles. The van der Waals surface area contributed by atoms with Crippen LogP contribution in [-0.4, -0.2) is 17.4 Å². The SMILES string of the molecule is CSC1=C2CCCCCCC3=C(SC)SS(=C23)S1. The standard InChI is InChI=1S/C13H18S5/c1-14-12-9-7-5-3-4-6-8-10-11(9)18(16-12)17-13(10)15-2/h3-8H2,1-2H3. The Morgan fingerprint density at radius 3 is 1.78 bits per heavy atom. The van der Waals surface area contributed by atoms with E-state index in [0.29, 0.717) is 8.55 Å². The molecule has 0 N–H and O–H groups in total. The van der Waals surface area contributed by atoms with Crippen LogP contribution in [-0.2, 0) is 0 Å². The van der Waals surface area contributed by atoms with Crippen LogP contribution in [0.1, 0.15) is 38.5 Å². The molecule has 2 aliphatic heterocycles. The second kappa shape index (κ2) is 6.25. The normalized spacial score (nSPS) is 25.3. The summed E-state index contributed by atoms with van der Waals surface area (Å²) in [6, 6.07) is 0. The molecule has 0 nitrogen and oxygen atoms in total. The van der Waals surface area contributed by atoms with Crippen molar-refractivity contribution < 1.29 is 0 Å². The zero-order chi connectivity index (χ0) is 12.5. The molecule has 0 spiro atoms. The third-order valence-corrected chi connectivity index (χ3v) is 12.9. The maximum atomic E-state index is 2.25. The number of hydrogen-bond acceptors (Lipinski definition) is 4. The quantitative estimate of drug-likeness (QED) is 0.432. The molecule has 100 valence electrons. The van der Waals surface area contributed by atoms with Gasteiger partial charge in [-0.1, -0.05) is 21.4 Å². The van der Waals surface area contributed by atoms with E-state index in [1.54, 1.807) is 24.5 Å². The molecular formula is C13H18S5. The van der Waals surface area contributed by atoms with Gasteiger partial charge in [0.05, 0.1) is 8.47 Å². The molecule has 0 aromatic heterocycles. The molecule has 0 aromatic carbocycles. The van der Waals surface area contributed by atoms with Gasteiger partial charge >= 0.3 is 0 Å². The molecule has 3 rings (SSSR count). The lowest BCUT2D eigenvalue weighted by atomic mass is 10.0. The lowest BCUT2D eigenvalue weighted by Crippen LogP contribution is -2.03. The topological polar surface area (TPSA) is 0 Å². The lowest BCUT2D eigenvalue weighted by molar-refractivity contribution is 0.652. The summed E-state index contributed by atoms with van der Waals surface area (Å²) in [7, 11) is 4.68. The van der Waals surface area contributed by atoms with Crippen molar-refractivity contribution in [3.8, 4) is 0 Å². The van der Waals surface area contributed by atoms with E-state index in [9.17, 15) is 0 Å². The van der Waals surface area contributed by atoms with E-state index < -0.39 is 0 Å². The Bertz CT molecular complexity index is 418. The van der Waals surface area contributed by atoms with Crippen molar-refractivity contribution in [3.63, 3.8) is 0 Å². The molecule has 1 fully saturated rings. The fourth-order valence-electron chi connectivity index (χ4n) is 2.61. The molecule has 0 aromatic rings. The van der Waals surface area contributed by atoms with Gasteiger partial charge in [-0.15, -0.1) is 23.5 Å². The van der Waals surface area contributed by atoms with Crippen molar-refractivity contribution in [1.29, 1.82) is 0 Å². The third-order valence-electron chi connectivity index (χ3n) is 3.48. The van der Waals surface area contributed by atoms with Crippen LogP contribution in [0.4, 0.5) is 0 Å². The Morgan fingerprint density at radius 1 is 0.833 bits per heavy atom. The van der Waals surface area contributed by atoms with Crippen molar-refractivity contribution in [3.05, 3.63) is 19.6 Å². The van der Waals surface area contributed by atoms with Gasteiger partial charge in [0.25, 0.3) is 0 Å². The first kappa shape index (κ1) is 14.1. The minimum absolute atomic E-state index is 0.397. The van der Waals surface area contributed by atoms with Crippen LogP contribution in [0.2, 0.25) is 0 Å². The van der Waals surface area contributed by atoms with Crippen molar-refractivity contribution in [1.82, 2.24) is 0 Å². The highest BCUT2D eigenvalue weighted by atomic mass is 33.5. The van der Waals surface area contributed by atoms with Gasteiger partial charge in [0.2, 0.25) is 0 Å². The molecule has 0 bridgehead atoms. The smallest absolute Gasteiger partial charge is 0.0555 e. The minimum Gasteiger partial charge on any atom is -0.122 e. The number of rotatable bonds is 2. The predicted octanol–water partition coefficient (Wildman–Crippen LogP) is 6.25. The van der Waals surface area contributed by atoms with Crippen LogP contribution in [0, 0.1) is 0 Å². The fourth-order valence-corrected chi connectivity index (χ4v) is 14.2. The summed E-state index contributed by atoms with van der Waals surface area (Å²) >= 11 is 3.95. The Balaban J connectivity index is 2.02. The van der Waals surface area contributed by atoms with Gasteiger partial charge < -0.3 is 0 Å². The summed E-state index contributed by atoms with van der Waals surface area (Å²) in [5.41, 5.74) is 3.45. The Labute approximate surface area is 128 Å². The molecule has 5 heteroatoms. The highest BCUT2D eigenvalue weighted by molar-refractivity contribution is 9.18. The van der Waals surface area contributed by atoms with Crippen molar-refractivity contribution >= 4 is 58.5 Å². The first-order chi connectivity index (χ1) is 8.85. The zero-order valence-corrected chi connectivity index (χ0v) is 14.9. The summed E-state index contributed by atoms with van der Waals surface area (Å²) in [5.74, 6) is 0. The van der Waals surface area contributed by atoms with Crippen molar-refractivity contribution in [2.75, 3.05) is 12.5 Å². The molecule has 1 saturated carbocycles.